The molecule has 110 valence electrons. The summed E-state index contributed by atoms with van der Waals surface area (Å²) in [5.74, 6) is -4.39. The minimum absolute atomic E-state index is 0.0565. The van der Waals surface area contributed by atoms with Crippen molar-refractivity contribution in [3.8, 4) is 5.75 Å². The summed E-state index contributed by atoms with van der Waals surface area (Å²) >= 11 is 0. The highest BCUT2D eigenvalue weighted by molar-refractivity contribution is 7.92. The van der Waals surface area contributed by atoms with Crippen molar-refractivity contribution >= 4 is 21.6 Å². The third-order valence-corrected chi connectivity index (χ3v) is 3.77. The number of hydrogen-bond donors (Lipinski definition) is 0. The molecule has 0 atom stereocenters. The monoisotopic (exact) mass is 304 g/mol. The van der Waals surface area contributed by atoms with Crippen LogP contribution in [0.2, 0.25) is 0 Å². The zero-order valence-electron chi connectivity index (χ0n) is 10.9. The van der Waals surface area contributed by atoms with Crippen LogP contribution in [0.1, 0.15) is 10.4 Å². The van der Waals surface area contributed by atoms with Gasteiger partial charge >= 0.3 is 5.97 Å². The maximum absolute atomic E-state index is 13.4. The third kappa shape index (κ3) is 4.30. The maximum atomic E-state index is 13.4. The smallest absolute Gasteiger partial charge is 0.320 e. The Morgan fingerprint density at radius 3 is 2.35 bits per heavy atom. The fourth-order valence-electron chi connectivity index (χ4n) is 1.41. The molecule has 1 aromatic carbocycles. The fraction of sp³-hybridized carbons (Fsp3) is 0.333. The highest BCUT2D eigenvalue weighted by Crippen LogP contribution is 2.18. The van der Waals surface area contributed by atoms with Crippen molar-refractivity contribution in [1.29, 1.82) is 0 Å². The van der Waals surface area contributed by atoms with Crippen molar-refractivity contribution in [3.63, 3.8) is 0 Å². The summed E-state index contributed by atoms with van der Waals surface area (Å²) in [7, 11) is -1.64. The molecule has 20 heavy (non-hydrogen) atoms. The SMILES string of the molecule is COC(=O)CS(=O)(=O)CC(=O)c1ccc(OC)c(F)c1. The fourth-order valence-corrected chi connectivity index (χ4v) is 2.56. The standard InChI is InChI=1S/C12H13FO6S/c1-18-11-4-3-8(5-9(11)13)10(14)6-20(16,17)7-12(15)19-2/h3-5H,6-7H2,1-2H3. The molecule has 0 saturated carbocycles. The third-order valence-electron chi connectivity index (χ3n) is 2.39. The number of hydrogen-bond acceptors (Lipinski definition) is 6. The first-order valence-corrected chi connectivity index (χ1v) is 7.25. The molecular formula is C12H13FO6S. The van der Waals surface area contributed by atoms with Gasteiger partial charge in [-0.05, 0) is 18.2 Å². The van der Waals surface area contributed by atoms with Crippen molar-refractivity contribution in [3.05, 3.63) is 29.6 Å². The quantitative estimate of drug-likeness (QED) is 0.565. The molecule has 0 aromatic heterocycles. The Balaban J connectivity index is 2.86. The van der Waals surface area contributed by atoms with Gasteiger partial charge in [0.25, 0.3) is 0 Å². The second kappa shape index (κ2) is 6.47. The molecule has 0 bridgehead atoms. The molecule has 0 saturated heterocycles. The predicted octanol–water partition coefficient (Wildman–Crippen LogP) is 0.605. The maximum Gasteiger partial charge on any atom is 0.320 e. The summed E-state index contributed by atoms with van der Waals surface area (Å²) in [6.07, 6.45) is 0. The van der Waals surface area contributed by atoms with Gasteiger partial charge in [-0.1, -0.05) is 0 Å². The van der Waals surface area contributed by atoms with Gasteiger partial charge in [0.2, 0.25) is 0 Å². The average Bonchev–Trinajstić information content (AvgIpc) is 2.37. The topological polar surface area (TPSA) is 86.7 Å². The van der Waals surface area contributed by atoms with Crippen LogP contribution in [0.3, 0.4) is 0 Å². The van der Waals surface area contributed by atoms with Crippen LogP contribution in [0.4, 0.5) is 4.39 Å². The van der Waals surface area contributed by atoms with E-state index in [1.54, 1.807) is 0 Å². The van der Waals surface area contributed by atoms with Crippen molar-refractivity contribution in [2.24, 2.45) is 0 Å². The molecule has 0 N–H and O–H groups in total. The number of methoxy groups -OCH3 is 2. The van der Waals surface area contributed by atoms with Gasteiger partial charge < -0.3 is 9.47 Å². The van der Waals surface area contributed by atoms with Gasteiger partial charge in [-0.2, -0.15) is 0 Å². The molecule has 1 rings (SSSR count). The van der Waals surface area contributed by atoms with Crippen LogP contribution < -0.4 is 4.74 Å². The van der Waals surface area contributed by atoms with Crippen LogP contribution in [-0.4, -0.2) is 45.9 Å². The second-order valence-electron chi connectivity index (χ2n) is 3.88. The number of carbonyl (C=O) groups is 2. The van der Waals surface area contributed by atoms with Crippen LogP contribution in [0.15, 0.2) is 18.2 Å². The van der Waals surface area contributed by atoms with Gasteiger partial charge in [-0.25, -0.2) is 12.8 Å². The van der Waals surface area contributed by atoms with E-state index in [0.29, 0.717) is 0 Å². The molecular weight excluding hydrogens is 291 g/mol. The number of carbonyl (C=O) groups excluding carboxylic acids is 2. The van der Waals surface area contributed by atoms with Gasteiger partial charge in [0.15, 0.2) is 27.2 Å². The molecule has 8 heteroatoms. The molecule has 0 heterocycles. The summed E-state index contributed by atoms with van der Waals surface area (Å²) in [4.78, 5) is 22.6. The Morgan fingerprint density at radius 2 is 1.85 bits per heavy atom. The van der Waals surface area contributed by atoms with Gasteiger partial charge in [-0.15, -0.1) is 0 Å². The molecule has 1 aromatic rings. The number of sulfone groups is 1. The Morgan fingerprint density at radius 1 is 1.20 bits per heavy atom. The number of halogens is 1. The molecule has 0 unspecified atom stereocenters. The number of Topliss-reactive ketones (excluding diaryl/α,β-unsaturated/α-hetero) is 1. The minimum Gasteiger partial charge on any atom is -0.494 e. The summed E-state index contributed by atoms with van der Waals surface area (Å²) in [6, 6.07) is 3.35. The van der Waals surface area contributed by atoms with Crippen LogP contribution in [0, 0.1) is 5.82 Å². The van der Waals surface area contributed by atoms with Crippen LogP contribution in [0.25, 0.3) is 0 Å². The molecule has 0 aliphatic rings. The van der Waals surface area contributed by atoms with Crippen molar-refractivity contribution in [2.75, 3.05) is 25.7 Å². The van der Waals surface area contributed by atoms with Gasteiger partial charge in [0.1, 0.15) is 11.5 Å². The lowest BCUT2D eigenvalue weighted by atomic mass is 10.1. The number of ketones is 1. The largest absolute Gasteiger partial charge is 0.494 e. The Labute approximate surface area is 115 Å². The van der Waals surface area contributed by atoms with E-state index in [1.807, 2.05) is 0 Å². The lowest BCUT2D eigenvalue weighted by Crippen LogP contribution is -2.24. The van der Waals surface area contributed by atoms with E-state index in [-0.39, 0.29) is 11.3 Å². The second-order valence-corrected chi connectivity index (χ2v) is 5.95. The summed E-state index contributed by atoms with van der Waals surface area (Å²) < 4.78 is 45.4. The van der Waals surface area contributed by atoms with E-state index in [4.69, 9.17) is 0 Å². The zero-order chi connectivity index (χ0) is 15.3. The first-order chi connectivity index (χ1) is 9.29. The summed E-state index contributed by atoms with van der Waals surface area (Å²) in [6.45, 7) is 0. The van der Waals surface area contributed by atoms with Crippen molar-refractivity contribution in [1.82, 2.24) is 0 Å². The highest BCUT2D eigenvalue weighted by atomic mass is 32.2. The molecule has 0 aliphatic carbocycles. The average molecular weight is 304 g/mol. The molecule has 0 amide bonds. The molecule has 0 fully saturated rings. The first-order valence-electron chi connectivity index (χ1n) is 5.43. The molecule has 0 aliphatic heterocycles. The van der Waals surface area contributed by atoms with Gasteiger partial charge in [-0.3, -0.25) is 9.59 Å². The first kappa shape index (κ1) is 16.1. The zero-order valence-corrected chi connectivity index (χ0v) is 11.7. The van der Waals surface area contributed by atoms with Crippen molar-refractivity contribution < 1.29 is 31.9 Å². The number of benzene rings is 1. The Kier molecular flexibility index (Phi) is 5.20. The number of esters is 1. The molecule has 0 spiro atoms. The van der Waals surface area contributed by atoms with Crippen LogP contribution in [-0.2, 0) is 19.4 Å². The van der Waals surface area contributed by atoms with Gasteiger partial charge in [0.05, 0.1) is 14.2 Å². The Hall–Kier alpha value is -1.96. The van der Waals surface area contributed by atoms with E-state index in [0.717, 1.165) is 13.2 Å². The number of rotatable bonds is 6. The molecule has 0 radical (unpaired) electrons. The highest BCUT2D eigenvalue weighted by Gasteiger charge is 2.22. The molecule has 6 nitrogen and oxygen atoms in total. The van der Waals surface area contributed by atoms with E-state index in [2.05, 4.69) is 9.47 Å². The van der Waals surface area contributed by atoms with Crippen LogP contribution in [0.5, 0.6) is 5.75 Å². The van der Waals surface area contributed by atoms with E-state index in [9.17, 15) is 22.4 Å². The van der Waals surface area contributed by atoms with Crippen molar-refractivity contribution in [2.45, 2.75) is 0 Å². The van der Waals surface area contributed by atoms with E-state index in [1.165, 1.54) is 19.2 Å². The Bertz CT molecular complexity index is 623. The predicted molar refractivity (Wildman–Crippen MR) is 68.0 cm³/mol. The number of ether oxygens (including phenoxy) is 2. The van der Waals surface area contributed by atoms with Crippen LogP contribution >= 0.6 is 0 Å². The lowest BCUT2D eigenvalue weighted by molar-refractivity contribution is -0.137. The van der Waals surface area contributed by atoms with E-state index < -0.39 is 38.9 Å². The van der Waals surface area contributed by atoms with Gasteiger partial charge in [0, 0.05) is 5.56 Å². The normalized spacial score (nSPS) is 10.9. The lowest BCUT2D eigenvalue weighted by Gasteiger charge is -2.05. The summed E-state index contributed by atoms with van der Waals surface area (Å²) in [5, 5.41) is 0. The minimum atomic E-state index is -3.95. The van der Waals surface area contributed by atoms with E-state index >= 15 is 0 Å². The summed E-state index contributed by atoms with van der Waals surface area (Å²) in [5.41, 5.74) is -0.114.